The predicted octanol–water partition coefficient (Wildman–Crippen LogP) is 3.94. The maximum atomic E-state index is 13.7. The molecule has 1 aromatic carbocycles. The number of allylic oxidation sites excluding steroid dienone is 5. The third kappa shape index (κ3) is 3.91. The Kier molecular flexibility index (Phi) is 5.73. The number of nitrogens with one attached hydrogen (secondary N) is 1. The first kappa shape index (κ1) is 14.9. The van der Waals surface area contributed by atoms with Gasteiger partial charge in [0.25, 0.3) is 0 Å². The summed E-state index contributed by atoms with van der Waals surface area (Å²) in [6.07, 6.45) is 5.28. The van der Waals surface area contributed by atoms with Crippen LogP contribution in [0.15, 0.2) is 54.9 Å². The van der Waals surface area contributed by atoms with Gasteiger partial charge < -0.3 is 5.32 Å². The maximum absolute atomic E-state index is 13.7. The minimum Gasteiger partial charge on any atom is -0.352 e. The molecular formula is C16H18FNO. The van der Waals surface area contributed by atoms with E-state index >= 15 is 0 Å². The molecule has 0 bridgehead atoms. The van der Waals surface area contributed by atoms with E-state index < -0.39 is 0 Å². The molecule has 0 aliphatic carbocycles. The number of carbonyl (C=O) groups is 1. The largest absolute Gasteiger partial charge is 0.352 e. The molecule has 1 unspecified atom stereocenters. The first-order chi connectivity index (χ1) is 9.13. The Hall–Kier alpha value is -2.16. The summed E-state index contributed by atoms with van der Waals surface area (Å²) in [5.74, 6) is -0.285. The minimum atomic E-state index is -0.285. The Morgan fingerprint density at radius 3 is 2.47 bits per heavy atom. The van der Waals surface area contributed by atoms with Crippen LogP contribution in [0.5, 0.6) is 0 Å². The molecule has 19 heavy (non-hydrogen) atoms. The lowest BCUT2D eigenvalue weighted by molar-refractivity contribution is -0.110. The van der Waals surface area contributed by atoms with E-state index in [4.69, 9.17) is 0 Å². The van der Waals surface area contributed by atoms with Crippen LogP contribution in [0.1, 0.15) is 31.0 Å². The summed E-state index contributed by atoms with van der Waals surface area (Å²) in [7, 11) is 0. The molecule has 1 amide bonds. The van der Waals surface area contributed by atoms with Gasteiger partial charge in [0.15, 0.2) is 0 Å². The average Bonchev–Trinajstić information content (AvgIpc) is 2.44. The lowest BCUT2D eigenvalue weighted by Gasteiger charge is -2.12. The second-order valence-electron chi connectivity index (χ2n) is 4.08. The fraction of sp³-hybridized carbons (Fsp3) is 0.188. The Morgan fingerprint density at radius 2 is 2.00 bits per heavy atom. The molecule has 2 nitrogen and oxygen atoms in total. The minimum absolute atomic E-state index is 0.0649. The van der Waals surface area contributed by atoms with Gasteiger partial charge in [-0.15, -0.1) is 0 Å². The van der Waals surface area contributed by atoms with Crippen LogP contribution in [0.4, 0.5) is 4.39 Å². The van der Waals surface area contributed by atoms with Crippen LogP contribution in [0.25, 0.3) is 5.57 Å². The number of rotatable bonds is 6. The molecule has 0 saturated heterocycles. The summed E-state index contributed by atoms with van der Waals surface area (Å²) in [6, 6.07) is 7.34. The summed E-state index contributed by atoms with van der Waals surface area (Å²) in [6.45, 7) is 7.13. The zero-order valence-electron chi connectivity index (χ0n) is 11.2. The fourth-order valence-corrected chi connectivity index (χ4v) is 1.74. The van der Waals surface area contributed by atoms with Gasteiger partial charge in [0.2, 0.25) is 6.41 Å². The summed E-state index contributed by atoms with van der Waals surface area (Å²) in [5.41, 5.74) is 2.24. The average molecular weight is 259 g/mol. The highest BCUT2D eigenvalue weighted by molar-refractivity contribution is 5.78. The summed E-state index contributed by atoms with van der Waals surface area (Å²) < 4.78 is 13.7. The lowest BCUT2D eigenvalue weighted by Crippen LogP contribution is -2.15. The normalized spacial score (nSPS) is 13.8. The van der Waals surface area contributed by atoms with E-state index in [-0.39, 0.29) is 11.9 Å². The van der Waals surface area contributed by atoms with E-state index in [1.165, 1.54) is 6.08 Å². The van der Waals surface area contributed by atoms with Gasteiger partial charge in [-0.1, -0.05) is 49.1 Å². The van der Waals surface area contributed by atoms with Crippen molar-refractivity contribution < 1.29 is 9.18 Å². The molecule has 1 N–H and O–H groups in total. The van der Waals surface area contributed by atoms with Crippen molar-refractivity contribution in [1.82, 2.24) is 5.32 Å². The van der Waals surface area contributed by atoms with Gasteiger partial charge in [-0.05, 0) is 25.0 Å². The number of halogens is 1. The molecule has 0 aliphatic heterocycles. The molecule has 3 heteroatoms. The van der Waals surface area contributed by atoms with E-state index in [0.29, 0.717) is 12.0 Å². The van der Waals surface area contributed by atoms with Crippen LogP contribution in [0.2, 0.25) is 0 Å². The van der Waals surface area contributed by atoms with Crippen molar-refractivity contribution >= 4 is 12.0 Å². The van der Waals surface area contributed by atoms with E-state index in [9.17, 15) is 9.18 Å². The van der Waals surface area contributed by atoms with E-state index in [2.05, 4.69) is 11.9 Å². The van der Waals surface area contributed by atoms with Crippen molar-refractivity contribution in [1.29, 1.82) is 0 Å². The van der Waals surface area contributed by atoms with E-state index in [1.54, 1.807) is 19.1 Å². The summed E-state index contributed by atoms with van der Waals surface area (Å²) in [4.78, 5) is 10.4. The SMILES string of the molecule is C=C/C=C(\C(F)=C/C)c1ccc(C(C)NC=O)cc1. The van der Waals surface area contributed by atoms with Crippen molar-refractivity contribution in [3.05, 3.63) is 66.0 Å². The van der Waals surface area contributed by atoms with E-state index in [1.807, 2.05) is 31.2 Å². The van der Waals surface area contributed by atoms with Crippen LogP contribution in [0.3, 0.4) is 0 Å². The highest BCUT2D eigenvalue weighted by Crippen LogP contribution is 2.25. The standard InChI is InChI=1S/C16H18FNO/c1-4-6-15(16(17)5-2)14-9-7-13(8-10-14)12(3)18-11-19/h4-12H,1H2,2-3H3,(H,18,19)/b15-6-,16-5+. The van der Waals surface area contributed by atoms with Crippen molar-refractivity contribution in [3.8, 4) is 0 Å². The van der Waals surface area contributed by atoms with Crippen molar-refractivity contribution in [3.63, 3.8) is 0 Å². The third-order valence-corrected chi connectivity index (χ3v) is 2.83. The van der Waals surface area contributed by atoms with Gasteiger partial charge in [0.1, 0.15) is 5.83 Å². The van der Waals surface area contributed by atoms with E-state index in [0.717, 1.165) is 11.1 Å². The molecule has 0 spiro atoms. The smallest absolute Gasteiger partial charge is 0.207 e. The topological polar surface area (TPSA) is 29.1 Å². The van der Waals surface area contributed by atoms with Crippen LogP contribution < -0.4 is 5.32 Å². The Bertz CT molecular complexity index is 500. The molecule has 0 radical (unpaired) electrons. The molecule has 0 saturated carbocycles. The molecule has 0 aromatic heterocycles. The Balaban J connectivity index is 3.06. The molecule has 1 rings (SSSR count). The van der Waals surface area contributed by atoms with Gasteiger partial charge in [-0.25, -0.2) is 4.39 Å². The van der Waals surface area contributed by atoms with Gasteiger partial charge in [-0.2, -0.15) is 0 Å². The number of hydrogen-bond acceptors (Lipinski definition) is 1. The Labute approximate surface area is 113 Å². The van der Waals surface area contributed by atoms with Gasteiger partial charge in [0, 0.05) is 5.57 Å². The number of carbonyl (C=O) groups excluding carboxylic acids is 1. The van der Waals surface area contributed by atoms with Gasteiger partial charge in [0.05, 0.1) is 6.04 Å². The van der Waals surface area contributed by atoms with Crippen LogP contribution >= 0.6 is 0 Å². The highest BCUT2D eigenvalue weighted by Gasteiger charge is 2.08. The Morgan fingerprint density at radius 1 is 1.37 bits per heavy atom. The number of hydrogen-bond donors (Lipinski definition) is 1. The second-order valence-corrected chi connectivity index (χ2v) is 4.08. The molecule has 0 aliphatic rings. The molecule has 0 fully saturated rings. The molecule has 0 heterocycles. The van der Waals surface area contributed by atoms with Crippen molar-refractivity contribution in [2.45, 2.75) is 19.9 Å². The van der Waals surface area contributed by atoms with Crippen LogP contribution in [0, 0.1) is 0 Å². The molecule has 100 valence electrons. The summed E-state index contributed by atoms with van der Waals surface area (Å²) in [5, 5.41) is 2.67. The van der Waals surface area contributed by atoms with Crippen LogP contribution in [-0.2, 0) is 4.79 Å². The number of amides is 1. The predicted molar refractivity (Wildman–Crippen MR) is 77.1 cm³/mol. The zero-order valence-corrected chi connectivity index (χ0v) is 11.2. The molecule has 1 aromatic rings. The second kappa shape index (κ2) is 7.31. The number of benzene rings is 1. The quantitative estimate of drug-likeness (QED) is 0.608. The van der Waals surface area contributed by atoms with Crippen LogP contribution in [-0.4, -0.2) is 6.41 Å². The third-order valence-electron chi connectivity index (χ3n) is 2.83. The van der Waals surface area contributed by atoms with Gasteiger partial charge in [-0.3, -0.25) is 4.79 Å². The van der Waals surface area contributed by atoms with Crippen molar-refractivity contribution in [2.24, 2.45) is 0 Å². The molecule has 1 atom stereocenters. The molecular weight excluding hydrogens is 241 g/mol. The fourth-order valence-electron chi connectivity index (χ4n) is 1.74. The maximum Gasteiger partial charge on any atom is 0.207 e. The zero-order chi connectivity index (χ0) is 14.3. The monoisotopic (exact) mass is 259 g/mol. The first-order valence-electron chi connectivity index (χ1n) is 6.09. The lowest BCUT2D eigenvalue weighted by atomic mass is 10.00. The van der Waals surface area contributed by atoms with Crippen molar-refractivity contribution in [2.75, 3.05) is 0 Å². The summed E-state index contributed by atoms with van der Waals surface area (Å²) >= 11 is 0. The highest BCUT2D eigenvalue weighted by atomic mass is 19.1. The first-order valence-corrected chi connectivity index (χ1v) is 6.09. The van der Waals surface area contributed by atoms with Gasteiger partial charge >= 0.3 is 0 Å².